The third-order valence-electron chi connectivity index (χ3n) is 6.81. The van der Waals surface area contributed by atoms with Crippen molar-refractivity contribution in [2.24, 2.45) is 17.3 Å². The van der Waals surface area contributed by atoms with Crippen LogP contribution in [0.2, 0.25) is 0 Å². The zero-order valence-electron chi connectivity index (χ0n) is 13.4. The number of ketones is 1. The van der Waals surface area contributed by atoms with Crippen molar-refractivity contribution in [1.29, 1.82) is 0 Å². The van der Waals surface area contributed by atoms with E-state index in [2.05, 4.69) is 6.92 Å². The number of rotatable bonds is 1. The molecular formula is C18H22N2O3. The highest BCUT2D eigenvalue weighted by atomic mass is 16.6. The second kappa shape index (κ2) is 4.79. The summed E-state index contributed by atoms with van der Waals surface area (Å²) in [7, 11) is 0. The molecule has 0 spiro atoms. The number of anilines is 1. The van der Waals surface area contributed by atoms with E-state index in [0.717, 1.165) is 36.8 Å². The van der Waals surface area contributed by atoms with Gasteiger partial charge in [-0.05, 0) is 61.5 Å². The standard InChI is InChI=1S/C18H22N2O3/c1-18-9-8-11-10-4-6-15(19)17(20(22)23)13(10)3-2-12(11)14(18)5-7-16(18)21/h4,6,11-12,14H,2-3,5,7-9,19H2,1H3/t11-,12-,14+,18+/m1/s1. The number of hydrogen-bond donors (Lipinski definition) is 1. The fourth-order valence-corrected chi connectivity index (χ4v) is 5.65. The van der Waals surface area contributed by atoms with Gasteiger partial charge in [-0.15, -0.1) is 0 Å². The summed E-state index contributed by atoms with van der Waals surface area (Å²) in [5.74, 6) is 1.70. The number of benzene rings is 1. The van der Waals surface area contributed by atoms with Crippen LogP contribution in [0.25, 0.3) is 0 Å². The van der Waals surface area contributed by atoms with Gasteiger partial charge in [-0.3, -0.25) is 14.9 Å². The number of nitro benzene ring substituents is 1. The van der Waals surface area contributed by atoms with Gasteiger partial charge in [0, 0.05) is 17.4 Å². The van der Waals surface area contributed by atoms with Crippen molar-refractivity contribution < 1.29 is 9.72 Å². The molecule has 4 rings (SSSR count). The molecule has 2 fully saturated rings. The summed E-state index contributed by atoms with van der Waals surface area (Å²) < 4.78 is 0. The molecule has 3 aliphatic carbocycles. The fourth-order valence-electron chi connectivity index (χ4n) is 5.65. The van der Waals surface area contributed by atoms with Crippen molar-refractivity contribution in [2.45, 2.75) is 51.4 Å². The van der Waals surface area contributed by atoms with Gasteiger partial charge in [0.1, 0.15) is 11.5 Å². The van der Waals surface area contributed by atoms with Crippen molar-refractivity contribution in [1.82, 2.24) is 0 Å². The topological polar surface area (TPSA) is 86.2 Å². The Morgan fingerprint density at radius 1 is 1.26 bits per heavy atom. The van der Waals surface area contributed by atoms with Gasteiger partial charge in [-0.1, -0.05) is 13.0 Å². The number of fused-ring (bicyclic) bond motifs is 5. The molecule has 2 N–H and O–H groups in total. The van der Waals surface area contributed by atoms with E-state index in [1.165, 1.54) is 0 Å². The van der Waals surface area contributed by atoms with E-state index in [0.29, 0.717) is 36.4 Å². The first kappa shape index (κ1) is 14.7. The van der Waals surface area contributed by atoms with Crippen LogP contribution in [0.3, 0.4) is 0 Å². The van der Waals surface area contributed by atoms with Gasteiger partial charge in [0.25, 0.3) is 5.69 Å². The Bertz CT molecular complexity index is 714. The van der Waals surface area contributed by atoms with E-state index in [1.54, 1.807) is 6.07 Å². The Kier molecular flexibility index (Phi) is 3.06. The van der Waals surface area contributed by atoms with Crippen LogP contribution in [0, 0.1) is 27.4 Å². The van der Waals surface area contributed by atoms with Crippen molar-refractivity contribution in [2.75, 3.05) is 5.73 Å². The lowest BCUT2D eigenvalue weighted by molar-refractivity contribution is -0.384. The summed E-state index contributed by atoms with van der Waals surface area (Å²) >= 11 is 0. The quantitative estimate of drug-likeness (QED) is 0.487. The molecule has 5 nitrogen and oxygen atoms in total. The molecule has 0 saturated heterocycles. The molecule has 122 valence electrons. The summed E-state index contributed by atoms with van der Waals surface area (Å²) in [4.78, 5) is 23.4. The first-order valence-electron chi connectivity index (χ1n) is 8.52. The van der Waals surface area contributed by atoms with Gasteiger partial charge in [0.05, 0.1) is 4.92 Å². The third kappa shape index (κ3) is 1.88. The lowest BCUT2D eigenvalue weighted by atomic mass is 9.55. The number of hydrogen-bond acceptors (Lipinski definition) is 4. The minimum Gasteiger partial charge on any atom is -0.393 e. The van der Waals surface area contributed by atoms with Gasteiger partial charge in [0.2, 0.25) is 0 Å². The molecular weight excluding hydrogens is 292 g/mol. The van der Waals surface area contributed by atoms with E-state index in [-0.39, 0.29) is 21.7 Å². The smallest absolute Gasteiger partial charge is 0.295 e. The van der Waals surface area contributed by atoms with Crippen LogP contribution in [0.15, 0.2) is 12.1 Å². The van der Waals surface area contributed by atoms with Crippen LogP contribution in [0.4, 0.5) is 11.4 Å². The molecule has 0 bridgehead atoms. The van der Waals surface area contributed by atoms with Crippen LogP contribution in [0.5, 0.6) is 0 Å². The highest BCUT2D eigenvalue weighted by Gasteiger charge is 2.55. The van der Waals surface area contributed by atoms with Gasteiger partial charge >= 0.3 is 0 Å². The van der Waals surface area contributed by atoms with Crippen LogP contribution in [-0.2, 0) is 11.2 Å². The molecule has 0 amide bonds. The first-order valence-corrected chi connectivity index (χ1v) is 8.52. The number of Topliss-reactive ketones (excluding diaryl/α,β-unsaturated/α-hetero) is 1. The molecule has 23 heavy (non-hydrogen) atoms. The minimum atomic E-state index is -0.333. The van der Waals surface area contributed by atoms with Crippen LogP contribution in [0.1, 0.15) is 56.1 Å². The monoisotopic (exact) mass is 314 g/mol. The SMILES string of the molecule is C[C@]12CC[C@@H]3c4ccc(N)c([N+](=O)[O-])c4CC[C@H]3[C@@H]1CCC2=O. The Balaban J connectivity index is 1.77. The fraction of sp³-hybridized carbons (Fsp3) is 0.611. The lowest BCUT2D eigenvalue weighted by Gasteiger charge is -2.48. The molecule has 5 heteroatoms. The van der Waals surface area contributed by atoms with E-state index in [9.17, 15) is 14.9 Å². The van der Waals surface area contributed by atoms with Gasteiger partial charge < -0.3 is 5.73 Å². The number of carbonyl (C=O) groups is 1. The predicted octanol–water partition coefficient (Wildman–Crippen LogP) is 3.60. The molecule has 0 radical (unpaired) electrons. The molecule has 0 aliphatic heterocycles. The molecule has 1 aromatic carbocycles. The summed E-state index contributed by atoms with van der Waals surface area (Å²) in [5.41, 5.74) is 8.02. The predicted molar refractivity (Wildman–Crippen MR) is 87.1 cm³/mol. The molecule has 0 unspecified atom stereocenters. The average Bonchev–Trinajstić information content (AvgIpc) is 2.82. The average molecular weight is 314 g/mol. The molecule has 2 saturated carbocycles. The van der Waals surface area contributed by atoms with Crippen molar-refractivity contribution >= 4 is 17.2 Å². The summed E-state index contributed by atoms with van der Waals surface area (Å²) in [5, 5.41) is 11.4. The van der Waals surface area contributed by atoms with Gasteiger partial charge in [-0.25, -0.2) is 0 Å². The number of nitrogen functional groups attached to an aromatic ring is 1. The molecule has 1 aromatic rings. The highest BCUT2D eigenvalue weighted by Crippen LogP contribution is 2.60. The number of nitrogens with two attached hydrogens (primary N) is 1. The largest absolute Gasteiger partial charge is 0.393 e. The maximum Gasteiger partial charge on any atom is 0.295 e. The Labute approximate surface area is 135 Å². The third-order valence-corrected chi connectivity index (χ3v) is 6.81. The van der Waals surface area contributed by atoms with Crippen LogP contribution >= 0.6 is 0 Å². The molecule has 0 heterocycles. The van der Waals surface area contributed by atoms with E-state index >= 15 is 0 Å². The lowest BCUT2D eigenvalue weighted by Crippen LogP contribution is -2.42. The number of nitrogens with zero attached hydrogens (tertiary/aromatic N) is 1. The molecule has 0 aromatic heterocycles. The molecule has 3 aliphatic rings. The zero-order valence-corrected chi connectivity index (χ0v) is 13.4. The second-order valence-corrected chi connectivity index (χ2v) is 7.66. The number of carbonyl (C=O) groups excluding carboxylic acids is 1. The summed E-state index contributed by atoms with van der Waals surface area (Å²) in [6, 6.07) is 3.68. The van der Waals surface area contributed by atoms with Crippen LogP contribution < -0.4 is 5.73 Å². The van der Waals surface area contributed by atoms with Crippen LogP contribution in [-0.4, -0.2) is 10.7 Å². The maximum absolute atomic E-state index is 12.3. The van der Waals surface area contributed by atoms with Gasteiger partial charge in [0.15, 0.2) is 0 Å². The minimum absolute atomic E-state index is 0.108. The van der Waals surface area contributed by atoms with E-state index < -0.39 is 0 Å². The number of nitro groups is 1. The second-order valence-electron chi connectivity index (χ2n) is 7.66. The Morgan fingerprint density at radius 3 is 2.78 bits per heavy atom. The van der Waals surface area contributed by atoms with Crippen molar-refractivity contribution in [3.8, 4) is 0 Å². The zero-order chi connectivity index (χ0) is 16.4. The Hall–Kier alpha value is -1.91. The van der Waals surface area contributed by atoms with Gasteiger partial charge in [-0.2, -0.15) is 0 Å². The highest BCUT2D eigenvalue weighted by molar-refractivity contribution is 5.87. The molecule has 4 atom stereocenters. The Morgan fingerprint density at radius 2 is 2.04 bits per heavy atom. The van der Waals surface area contributed by atoms with Crippen molar-refractivity contribution in [3.05, 3.63) is 33.4 Å². The maximum atomic E-state index is 12.3. The summed E-state index contributed by atoms with van der Waals surface area (Å²) in [6.45, 7) is 2.14. The van der Waals surface area contributed by atoms with Crippen molar-refractivity contribution in [3.63, 3.8) is 0 Å². The first-order chi connectivity index (χ1) is 10.9. The summed E-state index contributed by atoms with van der Waals surface area (Å²) in [6.07, 6.45) is 5.21. The normalized spacial score (nSPS) is 35.3. The van der Waals surface area contributed by atoms with E-state index in [1.807, 2.05) is 6.07 Å². The van der Waals surface area contributed by atoms with E-state index in [4.69, 9.17) is 5.73 Å².